The van der Waals surface area contributed by atoms with Gasteiger partial charge in [-0.1, -0.05) is 18.0 Å². The second kappa shape index (κ2) is 6.25. The van der Waals surface area contributed by atoms with Crippen molar-refractivity contribution in [1.29, 1.82) is 0 Å². The molecule has 2 aromatic rings. The van der Waals surface area contributed by atoms with Crippen molar-refractivity contribution < 1.29 is 0 Å². The van der Waals surface area contributed by atoms with E-state index in [1.165, 1.54) is 48.0 Å². The molecule has 0 bridgehead atoms. The highest BCUT2D eigenvalue weighted by Crippen LogP contribution is 2.29. The van der Waals surface area contributed by atoms with E-state index in [4.69, 9.17) is 11.6 Å². The Kier molecular flexibility index (Phi) is 4.91. The highest BCUT2D eigenvalue weighted by Gasteiger charge is 2.13. The summed E-state index contributed by atoms with van der Waals surface area (Å²) in [6.45, 7) is 3.58. The van der Waals surface area contributed by atoms with Crippen molar-refractivity contribution in [2.75, 3.05) is 13.1 Å². The second-order valence-corrected chi connectivity index (χ2v) is 6.09. The first kappa shape index (κ1) is 14.1. The molecule has 3 rings (SSSR count). The van der Waals surface area contributed by atoms with Gasteiger partial charge in [-0.25, -0.2) is 0 Å². The number of rotatable bonds is 2. The second-order valence-electron chi connectivity index (χ2n) is 4.74. The van der Waals surface area contributed by atoms with E-state index in [0.717, 1.165) is 11.6 Å². The number of thiophene rings is 1. The zero-order chi connectivity index (χ0) is 11.7. The van der Waals surface area contributed by atoms with Gasteiger partial charge in [-0.05, 0) is 60.5 Å². The van der Waals surface area contributed by atoms with Crippen LogP contribution in [0.3, 0.4) is 0 Å². The van der Waals surface area contributed by atoms with Crippen LogP contribution in [0.1, 0.15) is 24.8 Å². The van der Waals surface area contributed by atoms with Crippen LogP contribution in [0.25, 0.3) is 10.1 Å². The molecule has 1 aromatic carbocycles. The molecule has 0 spiro atoms. The highest BCUT2D eigenvalue weighted by atomic mass is 35.5. The molecule has 1 aliphatic heterocycles. The molecule has 1 aliphatic rings. The first-order chi connectivity index (χ1) is 8.33. The first-order valence-corrected chi connectivity index (χ1v) is 7.47. The fourth-order valence-electron chi connectivity index (χ4n) is 2.53. The lowest BCUT2D eigenvalue weighted by Crippen LogP contribution is -2.28. The van der Waals surface area contributed by atoms with Gasteiger partial charge in [0.25, 0.3) is 0 Å². The maximum Gasteiger partial charge on any atom is 0.0413 e. The summed E-state index contributed by atoms with van der Waals surface area (Å²) < 4.78 is 1.35. The molecule has 0 unspecified atom stereocenters. The van der Waals surface area contributed by atoms with Gasteiger partial charge in [0.05, 0.1) is 0 Å². The van der Waals surface area contributed by atoms with E-state index >= 15 is 0 Å². The molecule has 2 heterocycles. The molecule has 18 heavy (non-hydrogen) atoms. The molecule has 1 fully saturated rings. The van der Waals surface area contributed by atoms with Crippen LogP contribution in [-0.4, -0.2) is 18.0 Å². The Morgan fingerprint density at radius 3 is 2.72 bits per heavy atom. The summed E-state index contributed by atoms with van der Waals surface area (Å²) in [5, 5.41) is 4.47. The molecule has 0 amide bonds. The minimum absolute atomic E-state index is 0. The van der Waals surface area contributed by atoms with E-state index in [0.29, 0.717) is 0 Å². The number of hydrogen-bond acceptors (Lipinski definition) is 2. The minimum Gasteiger partial charge on any atom is -0.299 e. The maximum absolute atomic E-state index is 6.08. The van der Waals surface area contributed by atoms with Crippen LogP contribution in [0.4, 0.5) is 0 Å². The van der Waals surface area contributed by atoms with Crippen molar-refractivity contribution in [2.45, 2.75) is 25.8 Å². The molecule has 1 aromatic heterocycles. The lowest BCUT2D eigenvalue weighted by atomic mass is 10.1. The van der Waals surface area contributed by atoms with Gasteiger partial charge in [0, 0.05) is 16.3 Å². The Labute approximate surface area is 123 Å². The molecule has 98 valence electrons. The average Bonchev–Trinajstić information content (AvgIpc) is 2.73. The Hall–Kier alpha value is -0.280. The molecule has 1 saturated heterocycles. The van der Waals surface area contributed by atoms with E-state index < -0.39 is 0 Å². The molecule has 0 aliphatic carbocycles. The number of fused-ring (bicyclic) bond motifs is 1. The normalized spacial score (nSPS) is 16.7. The molecule has 0 radical (unpaired) electrons. The summed E-state index contributed by atoms with van der Waals surface area (Å²) >= 11 is 7.91. The Morgan fingerprint density at radius 1 is 1.17 bits per heavy atom. The van der Waals surface area contributed by atoms with Gasteiger partial charge < -0.3 is 0 Å². The van der Waals surface area contributed by atoms with Crippen LogP contribution >= 0.6 is 35.3 Å². The zero-order valence-corrected chi connectivity index (χ0v) is 12.6. The predicted molar refractivity (Wildman–Crippen MR) is 83.2 cm³/mol. The van der Waals surface area contributed by atoms with Crippen LogP contribution in [0.5, 0.6) is 0 Å². The van der Waals surface area contributed by atoms with Crippen LogP contribution in [0, 0.1) is 0 Å². The quantitative estimate of drug-likeness (QED) is 0.757. The van der Waals surface area contributed by atoms with Crippen LogP contribution in [0.2, 0.25) is 5.02 Å². The maximum atomic E-state index is 6.08. The van der Waals surface area contributed by atoms with Crippen LogP contribution in [0.15, 0.2) is 23.6 Å². The number of piperidine rings is 1. The van der Waals surface area contributed by atoms with Crippen molar-refractivity contribution in [3.63, 3.8) is 0 Å². The average molecular weight is 302 g/mol. The molecular formula is C14H17Cl2NS. The van der Waals surface area contributed by atoms with E-state index in [9.17, 15) is 0 Å². The van der Waals surface area contributed by atoms with Gasteiger partial charge in [-0.15, -0.1) is 23.7 Å². The van der Waals surface area contributed by atoms with Gasteiger partial charge in [0.2, 0.25) is 0 Å². The Bertz CT molecular complexity index is 517. The number of hydrogen-bond donors (Lipinski definition) is 0. The van der Waals surface area contributed by atoms with Gasteiger partial charge in [0.1, 0.15) is 0 Å². The predicted octanol–water partition coefficient (Wildman–Crippen LogP) is 4.96. The van der Waals surface area contributed by atoms with E-state index in [2.05, 4.69) is 22.4 Å². The molecular weight excluding hydrogens is 285 g/mol. The summed E-state index contributed by atoms with van der Waals surface area (Å²) in [5.41, 5.74) is 1.44. The zero-order valence-electron chi connectivity index (χ0n) is 10.2. The third-order valence-corrected chi connectivity index (χ3v) is 4.71. The van der Waals surface area contributed by atoms with E-state index in [-0.39, 0.29) is 12.4 Å². The number of nitrogens with zero attached hydrogens (tertiary/aromatic N) is 1. The van der Waals surface area contributed by atoms with Gasteiger partial charge in [0.15, 0.2) is 0 Å². The minimum atomic E-state index is 0. The van der Waals surface area contributed by atoms with Crippen LogP contribution < -0.4 is 0 Å². The highest BCUT2D eigenvalue weighted by molar-refractivity contribution is 7.17. The largest absolute Gasteiger partial charge is 0.299 e. The molecule has 0 atom stereocenters. The van der Waals surface area contributed by atoms with Gasteiger partial charge in [-0.2, -0.15) is 0 Å². The third-order valence-electron chi connectivity index (χ3n) is 3.46. The summed E-state index contributed by atoms with van der Waals surface area (Å²) in [4.78, 5) is 2.56. The topological polar surface area (TPSA) is 3.24 Å². The Balaban J connectivity index is 0.00000120. The molecule has 4 heteroatoms. The van der Waals surface area contributed by atoms with E-state index in [1.54, 1.807) is 0 Å². The fraction of sp³-hybridized carbons (Fsp3) is 0.429. The third kappa shape index (κ3) is 3.00. The molecule has 0 saturated carbocycles. The van der Waals surface area contributed by atoms with Crippen molar-refractivity contribution in [1.82, 2.24) is 4.90 Å². The monoisotopic (exact) mass is 301 g/mol. The lowest BCUT2D eigenvalue weighted by Gasteiger charge is -2.26. The summed E-state index contributed by atoms with van der Waals surface area (Å²) in [5.74, 6) is 0. The van der Waals surface area contributed by atoms with Gasteiger partial charge >= 0.3 is 0 Å². The smallest absolute Gasteiger partial charge is 0.0413 e. The van der Waals surface area contributed by atoms with Crippen molar-refractivity contribution in [3.05, 3.63) is 34.2 Å². The number of likely N-dealkylation sites (tertiary alicyclic amines) is 1. The molecule has 0 N–H and O–H groups in total. The standard InChI is InChI=1S/C14H16ClNS.ClH/c15-12-4-5-14-13(8-12)11(10-17-14)9-16-6-2-1-3-7-16;/h4-5,8,10H,1-3,6-7,9H2;1H. The number of halogens is 2. The van der Waals surface area contributed by atoms with Crippen molar-refractivity contribution in [2.24, 2.45) is 0 Å². The van der Waals surface area contributed by atoms with Crippen LogP contribution in [-0.2, 0) is 6.54 Å². The molecule has 1 nitrogen and oxygen atoms in total. The summed E-state index contributed by atoms with van der Waals surface area (Å²) in [6, 6.07) is 6.21. The Morgan fingerprint density at radius 2 is 1.94 bits per heavy atom. The lowest BCUT2D eigenvalue weighted by molar-refractivity contribution is 0.222. The summed E-state index contributed by atoms with van der Waals surface area (Å²) in [7, 11) is 0. The SMILES string of the molecule is Cl.Clc1ccc2scc(CN3CCCCC3)c2c1. The number of benzene rings is 1. The summed E-state index contributed by atoms with van der Waals surface area (Å²) in [6.07, 6.45) is 4.10. The fourth-order valence-corrected chi connectivity index (χ4v) is 3.64. The van der Waals surface area contributed by atoms with E-state index in [1.807, 2.05) is 17.4 Å². The first-order valence-electron chi connectivity index (χ1n) is 6.21. The van der Waals surface area contributed by atoms with Gasteiger partial charge in [-0.3, -0.25) is 4.90 Å². The van der Waals surface area contributed by atoms with Crippen molar-refractivity contribution >= 4 is 45.4 Å². The van der Waals surface area contributed by atoms with Crippen molar-refractivity contribution in [3.8, 4) is 0 Å².